The number of nitrogens with zero attached hydrogens (tertiary/aromatic N) is 3. The van der Waals surface area contributed by atoms with Gasteiger partial charge in [0, 0.05) is 45.3 Å². The van der Waals surface area contributed by atoms with E-state index in [-0.39, 0.29) is 11.9 Å². The second-order valence-electron chi connectivity index (χ2n) is 5.50. The van der Waals surface area contributed by atoms with E-state index in [1.54, 1.807) is 4.90 Å². The summed E-state index contributed by atoms with van der Waals surface area (Å²) in [7, 11) is 0. The Labute approximate surface area is 114 Å². The number of carbonyl (C=O) groups excluding carboxylic acids is 1. The van der Waals surface area contributed by atoms with Gasteiger partial charge in [0.25, 0.3) is 0 Å². The second-order valence-corrected chi connectivity index (χ2v) is 5.50. The van der Waals surface area contributed by atoms with E-state index in [1.165, 1.54) is 0 Å². The van der Waals surface area contributed by atoms with Crippen molar-refractivity contribution in [3.8, 4) is 0 Å². The first-order valence-electron chi connectivity index (χ1n) is 7.03. The molecular formula is C13H23N3O3. The van der Waals surface area contributed by atoms with Crippen LogP contribution in [0.2, 0.25) is 0 Å². The minimum atomic E-state index is -0.800. The van der Waals surface area contributed by atoms with Crippen molar-refractivity contribution in [3.63, 3.8) is 0 Å². The summed E-state index contributed by atoms with van der Waals surface area (Å²) >= 11 is 0. The molecule has 2 rings (SSSR count). The number of hydrogen-bond acceptors (Lipinski definition) is 3. The van der Waals surface area contributed by atoms with Crippen LogP contribution < -0.4 is 0 Å². The predicted molar refractivity (Wildman–Crippen MR) is 71.0 cm³/mol. The molecule has 0 aromatic heterocycles. The molecule has 2 heterocycles. The number of rotatable bonds is 3. The number of urea groups is 1. The zero-order valence-electron chi connectivity index (χ0n) is 11.7. The monoisotopic (exact) mass is 269 g/mol. The van der Waals surface area contributed by atoms with Crippen LogP contribution in [0.1, 0.15) is 20.3 Å². The lowest BCUT2D eigenvalue weighted by molar-refractivity contribution is -0.146. The van der Waals surface area contributed by atoms with E-state index in [1.807, 2.05) is 4.90 Å². The fourth-order valence-corrected chi connectivity index (χ4v) is 2.60. The van der Waals surface area contributed by atoms with Gasteiger partial charge in [-0.2, -0.15) is 0 Å². The quantitative estimate of drug-likeness (QED) is 0.812. The highest BCUT2D eigenvalue weighted by Crippen LogP contribution is 2.19. The first-order chi connectivity index (χ1) is 9.02. The van der Waals surface area contributed by atoms with Gasteiger partial charge in [-0.15, -0.1) is 0 Å². The molecule has 0 radical (unpaired) electrons. The molecule has 0 saturated carbocycles. The van der Waals surface area contributed by atoms with Crippen LogP contribution in [0.25, 0.3) is 0 Å². The van der Waals surface area contributed by atoms with Gasteiger partial charge in [-0.05, 0) is 13.3 Å². The third-order valence-corrected chi connectivity index (χ3v) is 4.30. The molecular weight excluding hydrogens is 246 g/mol. The molecule has 1 N–H and O–H groups in total. The average Bonchev–Trinajstić information content (AvgIpc) is 2.35. The normalized spacial score (nSPS) is 23.1. The van der Waals surface area contributed by atoms with Crippen LogP contribution in [-0.2, 0) is 4.79 Å². The molecule has 2 aliphatic heterocycles. The number of amides is 2. The first-order valence-corrected chi connectivity index (χ1v) is 7.03. The van der Waals surface area contributed by atoms with Gasteiger partial charge in [0.1, 0.15) is 0 Å². The molecule has 108 valence electrons. The number of aliphatic carboxylic acids is 1. The zero-order chi connectivity index (χ0) is 14.0. The number of carboxylic acid groups (broad SMARTS) is 1. The van der Waals surface area contributed by atoms with Crippen molar-refractivity contribution >= 4 is 12.0 Å². The number of carboxylic acids is 1. The summed E-state index contributed by atoms with van der Waals surface area (Å²) in [6.07, 6.45) is 1.13. The fraction of sp³-hybridized carbons (Fsp3) is 0.846. The summed E-state index contributed by atoms with van der Waals surface area (Å²) < 4.78 is 0. The van der Waals surface area contributed by atoms with Gasteiger partial charge in [0.15, 0.2) is 0 Å². The maximum atomic E-state index is 12.1. The summed E-state index contributed by atoms with van der Waals surface area (Å²) in [6, 6.07) is 0.568. The van der Waals surface area contributed by atoms with Gasteiger partial charge in [-0.1, -0.05) is 6.92 Å². The van der Waals surface area contributed by atoms with Crippen LogP contribution in [0.4, 0.5) is 4.79 Å². The molecule has 6 heteroatoms. The molecule has 2 aliphatic rings. The number of carbonyl (C=O) groups is 2. The van der Waals surface area contributed by atoms with E-state index in [0.29, 0.717) is 19.1 Å². The largest absolute Gasteiger partial charge is 0.481 e. The van der Waals surface area contributed by atoms with E-state index in [0.717, 1.165) is 32.6 Å². The highest BCUT2D eigenvalue weighted by molar-refractivity contribution is 5.79. The summed E-state index contributed by atoms with van der Waals surface area (Å²) in [5.41, 5.74) is 0. The molecule has 2 fully saturated rings. The van der Waals surface area contributed by atoms with Crippen molar-refractivity contribution in [2.24, 2.45) is 5.92 Å². The van der Waals surface area contributed by atoms with E-state index in [4.69, 9.17) is 5.11 Å². The minimum absolute atomic E-state index is 0.00121. The molecule has 0 bridgehead atoms. The number of likely N-dealkylation sites (tertiary alicyclic amines) is 1. The number of piperazine rings is 1. The van der Waals surface area contributed by atoms with Gasteiger partial charge < -0.3 is 14.9 Å². The topological polar surface area (TPSA) is 64.1 Å². The lowest BCUT2D eigenvalue weighted by Crippen LogP contribution is -2.60. The second kappa shape index (κ2) is 5.77. The van der Waals surface area contributed by atoms with Gasteiger partial charge in [-0.25, -0.2) is 4.79 Å². The van der Waals surface area contributed by atoms with Crippen LogP contribution in [0.15, 0.2) is 0 Å². The fourth-order valence-electron chi connectivity index (χ4n) is 2.60. The van der Waals surface area contributed by atoms with E-state index in [9.17, 15) is 9.59 Å². The molecule has 1 unspecified atom stereocenters. The molecule has 0 aliphatic carbocycles. The van der Waals surface area contributed by atoms with Gasteiger partial charge in [0.2, 0.25) is 0 Å². The first kappa shape index (κ1) is 14.1. The standard InChI is InChI=1S/C13H23N3O3/c1-3-10(2)14-4-6-15(7-5-14)13(19)16-8-11(9-16)12(17)18/h10-11H,3-9H2,1-2H3,(H,17,18). The molecule has 19 heavy (non-hydrogen) atoms. The molecule has 1 atom stereocenters. The summed E-state index contributed by atoms with van der Waals surface area (Å²) in [5, 5.41) is 8.81. The predicted octanol–water partition coefficient (Wildman–Crippen LogP) is 0.539. The van der Waals surface area contributed by atoms with E-state index >= 15 is 0 Å². The molecule has 2 saturated heterocycles. The highest BCUT2D eigenvalue weighted by atomic mass is 16.4. The maximum Gasteiger partial charge on any atom is 0.320 e. The van der Waals surface area contributed by atoms with Crippen LogP contribution >= 0.6 is 0 Å². The van der Waals surface area contributed by atoms with E-state index in [2.05, 4.69) is 18.7 Å². The zero-order valence-corrected chi connectivity index (χ0v) is 11.7. The third kappa shape index (κ3) is 3.00. The molecule has 6 nitrogen and oxygen atoms in total. The molecule has 0 aromatic rings. The van der Waals surface area contributed by atoms with Crippen LogP contribution in [0.3, 0.4) is 0 Å². The van der Waals surface area contributed by atoms with Crippen molar-refractivity contribution in [2.45, 2.75) is 26.3 Å². The van der Waals surface area contributed by atoms with Gasteiger partial charge in [-0.3, -0.25) is 9.69 Å². The molecule has 2 amide bonds. The highest BCUT2D eigenvalue weighted by Gasteiger charge is 2.38. The van der Waals surface area contributed by atoms with Crippen molar-refractivity contribution in [1.82, 2.24) is 14.7 Å². The lowest BCUT2D eigenvalue weighted by Gasteiger charge is -2.43. The van der Waals surface area contributed by atoms with Crippen molar-refractivity contribution in [1.29, 1.82) is 0 Å². The van der Waals surface area contributed by atoms with Crippen molar-refractivity contribution < 1.29 is 14.7 Å². The Hall–Kier alpha value is -1.30. The summed E-state index contributed by atoms with van der Waals surface area (Å²) in [6.45, 7) is 8.43. The maximum absolute atomic E-state index is 12.1. The smallest absolute Gasteiger partial charge is 0.320 e. The van der Waals surface area contributed by atoms with Crippen LogP contribution in [0, 0.1) is 5.92 Å². The SMILES string of the molecule is CCC(C)N1CCN(C(=O)N2CC(C(=O)O)C2)CC1. The van der Waals surface area contributed by atoms with Crippen LogP contribution in [-0.4, -0.2) is 77.1 Å². The number of hydrogen-bond donors (Lipinski definition) is 1. The summed E-state index contributed by atoms with van der Waals surface area (Å²) in [4.78, 5) is 28.7. The van der Waals surface area contributed by atoms with E-state index < -0.39 is 5.97 Å². The van der Waals surface area contributed by atoms with Crippen LogP contribution in [0.5, 0.6) is 0 Å². The van der Waals surface area contributed by atoms with Gasteiger partial charge >= 0.3 is 12.0 Å². The average molecular weight is 269 g/mol. The lowest BCUT2D eigenvalue weighted by atomic mass is 10.0. The third-order valence-electron chi connectivity index (χ3n) is 4.30. The Kier molecular flexibility index (Phi) is 4.29. The van der Waals surface area contributed by atoms with Crippen molar-refractivity contribution in [3.05, 3.63) is 0 Å². The Balaban J connectivity index is 1.76. The Morgan fingerprint density at radius 2 is 1.74 bits per heavy atom. The van der Waals surface area contributed by atoms with Crippen molar-refractivity contribution in [2.75, 3.05) is 39.3 Å². The Morgan fingerprint density at radius 1 is 1.16 bits per heavy atom. The molecule has 0 aromatic carbocycles. The Morgan fingerprint density at radius 3 is 2.21 bits per heavy atom. The molecule has 0 spiro atoms. The summed E-state index contributed by atoms with van der Waals surface area (Å²) in [5.74, 6) is -1.17. The van der Waals surface area contributed by atoms with Gasteiger partial charge in [0.05, 0.1) is 5.92 Å². The minimum Gasteiger partial charge on any atom is -0.481 e. The Bertz CT molecular complexity index is 347.